The Hall–Kier alpha value is -0.570. The monoisotopic (exact) mass is 115 g/mol. The standard InChI is InChI=1S/C5H9NO2/c1-6-5-4-7-2-3-8-5/h2-4H2,1H3. The van der Waals surface area contributed by atoms with Crippen LogP contribution in [-0.2, 0) is 9.47 Å². The van der Waals surface area contributed by atoms with Gasteiger partial charge in [0, 0.05) is 7.05 Å². The van der Waals surface area contributed by atoms with Crippen LogP contribution in [0.4, 0.5) is 0 Å². The predicted octanol–water partition coefficient (Wildman–Crippen LogP) is 0.0615. The topological polar surface area (TPSA) is 30.8 Å². The summed E-state index contributed by atoms with van der Waals surface area (Å²) in [4.78, 5) is 3.82. The molecule has 0 atom stereocenters. The molecular formula is C5H9NO2. The third kappa shape index (κ3) is 1.20. The molecule has 0 spiro atoms. The maximum absolute atomic E-state index is 5.05. The summed E-state index contributed by atoms with van der Waals surface area (Å²) < 4.78 is 10.1. The fourth-order valence-corrected chi connectivity index (χ4v) is 0.549. The fourth-order valence-electron chi connectivity index (χ4n) is 0.549. The second-order valence-corrected chi connectivity index (χ2v) is 1.52. The van der Waals surface area contributed by atoms with Gasteiger partial charge in [0.2, 0.25) is 5.90 Å². The zero-order valence-electron chi connectivity index (χ0n) is 4.89. The highest BCUT2D eigenvalue weighted by molar-refractivity contribution is 5.77. The summed E-state index contributed by atoms with van der Waals surface area (Å²) in [6.07, 6.45) is 0. The molecule has 3 nitrogen and oxygen atoms in total. The van der Waals surface area contributed by atoms with Crippen LogP contribution in [-0.4, -0.2) is 32.8 Å². The molecule has 1 aliphatic rings. The van der Waals surface area contributed by atoms with Gasteiger partial charge in [-0.2, -0.15) is 0 Å². The lowest BCUT2D eigenvalue weighted by Crippen LogP contribution is -2.23. The van der Waals surface area contributed by atoms with E-state index in [1.165, 1.54) is 0 Å². The first-order valence-corrected chi connectivity index (χ1v) is 2.59. The van der Waals surface area contributed by atoms with Crippen LogP contribution >= 0.6 is 0 Å². The van der Waals surface area contributed by atoms with E-state index in [9.17, 15) is 0 Å². The Balaban J connectivity index is 2.33. The minimum Gasteiger partial charge on any atom is -0.477 e. The molecule has 0 saturated carbocycles. The smallest absolute Gasteiger partial charge is 0.209 e. The summed E-state index contributed by atoms with van der Waals surface area (Å²) in [5.41, 5.74) is 0. The average molecular weight is 115 g/mol. The van der Waals surface area contributed by atoms with Crippen molar-refractivity contribution >= 4 is 5.90 Å². The third-order valence-corrected chi connectivity index (χ3v) is 0.971. The predicted molar refractivity (Wildman–Crippen MR) is 30.1 cm³/mol. The Morgan fingerprint density at radius 2 is 2.38 bits per heavy atom. The van der Waals surface area contributed by atoms with Gasteiger partial charge in [0.1, 0.15) is 13.2 Å². The third-order valence-electron chi connectivity index (χ3n) is 0.971. The molecular weight excluding hydrogens is 106 g/mol. The van der Waals surface area contributed by atoms with Crippen LogP contribution in [0.5, 0.6) is 0 Å². The molecule has 1 aliphatic heterocycles. The highest BCUT2D eigenvalue weighted by Gasteiger charge is 2.04. The van der Waals surface area contributed by atoms with Crippen molar-refractivity contribution in [2.45, 2.75) is 0 Å². The highest BCUT2D eigenvalue weighted by Crippen LogP contribution is 1.91. The Kier molecular flexibility index (Phi) is 1.86. The number of hydrogen-bond acceptors (Lipinski definition) is 3. The van der Waals surface area contributed by atoms with Gasteiger partial charge in [-0.3, -0.25) is 4.99 Å². The lowest BCUT2D eigenvalue weighted by atomic mass is 10.6. The Morgan fingerprint density at radius 3 is 2.75 bits per heavy atom. The molecule has 3 heteroatoms. The van der Waals surface area contributed by atoms with Crippen LogP contribution in [0.25, 0.3) is 0 Å². The minimum absolute atomic E-state index is 0.538. The molecule has 0 aromatic rings. The van der Waals surface area contributed by atoms with Gasteiger partial charge < -0.3 is 9.47 Å². The molecule has 1 saturated heterocycles. The van der Waals surface area contributed by atoms with E-state index in [4.69, 9.17) is 9.47 Å². The summed E-state index contributed by atoms with van der Waals surface area (Å²) in [5.74, 6) is 0.705. The van der Waals surface area contributed by atoms with Gasteiger partial charge in [0.15, 0.2) is 0 Å². The van der Waals surface area contributed by atoms with Gasteiger partial charge >= 0.3 is 0 Å². The van der Waals surface area contributed by atoms with Crippen molar-refractivity contribution in [3.8, 4) is 0 Å². The van der Waals surface area contributed by atoms with Crippen molar-refractivity contribution in [3.63, 3.8) is 0 Å². The van der Waals surface area contributed by atoms with Gasteiger partial charge in [-0.05, 0) is 0 Å². The van der Waals surface area contributed by atoms with Crippen LogP contribution in [0.2, 0.25) is 0 Å². The summed E-state index contributed by atoms with van der Waals surface area (Å²) >= 11 is 0. The number of rotatable bonds is 0. The van der Waals surface area contributed by atoms with E-state index in [0.717, 1.165) is 0 Å². The van der Waals surface area contributed by atoms with Crippen molar-refractivity contribution in [2.24, 2.45) is 4.99 Å². The number of ether oxygens (including phenoxy) is 2. The second kappa shape index (κ2) is 2.67. The average Bonchev–Trinajstić information content (AvgIpc) is 1.90. The van der Waals surface area contributed by atoms with Gasteiger partial charge in [-0.1, -0.05) is 0 Å². The summed E-state index contributed by atoms with van der Waals surface area (Å²) in [6, 6.07) is 0. The zero-order valence-corrected chi connectivity index (χ0v) is 4.89. The molecule has 0 bridgehead atoms. The quantitative estimate of drug-likeness (QED) is 0.447. The Morgan fingerprint density at radius 1 is 1.50 bits per heavy atom. The van der Waals surface area contributed by atoms with Crippen LogP contribution in [0.3, 0.4) is 0 Å². The molecule has 1 fully saturated rings. The van der Waals surface area contributed by atoms with E-state index in [0.29, 0.717) is 25.7 Å². The maximum Gasteiger partial charge on any atom is 0.209 e. The van der Waals surface area contributed by atoms with E-state index in [1.54, 1.807) is 7.05 Å². The molecule has 1 rings (SSSR count). The molecule has 0 aromatic heterocycles. The lowest BCUT2D eigenvalue weighted by Gasteiger charge is -2.13. The number of aliphatic imine (C=N–C) groups is 1. The van der Waals surface area contributed by atoms with E-state index < -0.39 is 0 Å². The summed E-state index contributed by atoms with van der Waals surface area (Å²) in [7, 11) is 1.70. The number of hydrogen-bond donors (Lipinski definition) is 0. The van der Waals surface area contributed by atoms with E-state index in [2.05, 4.69) is 4.99 Å². The molecule has 0 aliphatic carbocycles. The first kappa shape index (κ1) is 5.56. The van der Waals surface area contributed by atoms with E-state index >= 15 is 0 Å². The molecule has 0 radical (unpaired) electrons. The summed E-state index contributed by atoms with van der Waals surface area (Å²) in [6.45, 7) is 1.88. The van der Waals surface area contributed by atoms with Crippen LogP contribution in [0.15, 0.2) is 4.99 Å². The molecule has 46 valence electrons. The van der Waals surface area contributed by atoms with Crippen LogP contribution in [0.1, 0.15) is 0 Å². The largest absolute Gasteiger partial charge is 0.477 e. The van der Waals surface area contributed by atoms with E-state index in [-0.39, 0.29) is 0 Å². The fraction of sp³-hybridized carbons (Fsp3) is 0.800. The minimum atomic E-state index is 0.538. The molecule has 0 aromatic carbocycles. The van der Waals surface area contributed by atoms with Crippen molar-refractivity contribution in [1.82, 2.24) is 0 Å². The first-order valence-electron chi connectivity index (χ1n) is 2.59. The second-order valence-electron chi connectivity index (χ2n) is 1.52. The van der Waals surface area contributed by atoms with Gasteiger partial charge in [-0.15, -0.1) is 0 Å². The maximum atomic E-state index is 5.05. The molecule has 0 unspecified atom stereocenters. The molecule has 1 heterocycles. The van der Waals surface area contributed by atoms with Crippen molar-refractivity contribution in [1.29, 1.82) is 0 Å². The van der Waals surface area contributed by atoms with Gasteiger partial charge in [-0.25, -0.2) is 0 Å². The van der Waals surface area contributed by atoms with Gasteiger partial charge in [0.25, 0.3) is 0 Å². The van der Waals surface area contributed by atoms with Gasteiger partial charge in [0.05, 0.1) is 6.61 Å². The van der Waals surface area contributed by atoms with Crippen LogP contribution < -0.4 is 0 Å². The number of nitrogens with zero attached hydrogens (tertiary/aromatic N) is 1. The SMILES string of the molecule is CN=C1COCCO1. The Bertz CT molecular complexity index is 92.6. The summed E-state index contributed by atoms with van der Waals surface area (Å²) in [5, 5.41) is 0. The Labute approximate surface area is 48.3 Å². The van der Waals surface area contributed by atoms with Crippen LogP contribution in [0, 0.1) is 0 Å². The van der Waals surface area contributed by atoms with Crippen molar-refractivity contribution < 1.29 is 9.47 Å². The van der Waals surface area contributed by atoms with E-state index in [1.807, 2.05) is 0 Å². The van der Waals surface area contributed by atoms with Crippen molar-refractivity contribution in [2.75, 3.05) is 26.9 Å². The normalized spacial score (nSPS) is 25.4. The molecule has 8 heavy (non-hydrogen) atoms. The zero-order chi connectivity index (χ0) is 5.82. The molecule has 0 N–H and O–H groups in total. The highest BCUT2D eigenvalue weighted by atomic mass is 16.6. The molecule has 0 amide bonds. The lowest BCUT2D eigenvalue weighted by molar-refractivity contribution is 0.0715. The van der Waals surface area contributed by atoms with Crippen molar-refractivity contribution in [3.05, 3.63) is 0 Å². The first-order chi connectivity index (χ1) is 3.93.